The molecule has 25 heavy (non-hydrogen) atoms. The molecule has 0 radical (unpaired) electrons. The number of rotatable bonds is 4. The molecule has 1 fully saturated rings. The number of H-pyrrole nitrogens is 1. The van der Waals surface area contributed by atoms with Crippen molar-refractivity contribution in [3.8, 4) is 0 Å². The van der Waals surface area contributed by atoms with Crippen LogP contribution in [0.3, 0.4) is 0 Å². The summed E-state index contributed by atoms with van der Waals surface area (Å²) >= 11 is 4.22. The normalized spacial score (nSPS) is 17.2. The predicted molar refractivity (Wildman–Crippen MR) is 97.5 cm³/mol. The second-order valence-corrected chi connectivity index (χ2v) is 6.81. The maximum Gasteiger partial charge on any atom is 0.259 e. The number of halogens is 2. The highest BCUT2D eigenvalue weighted by molar-refractivity contribution is 7.80. The smallest absolute Gasteiger partial charge is 0.259 e. The molecule has 1 aromatic carbocycles. The molecule has 1 saturated carbocycles. The summed E-state index contributed by atoms with van der Waals surface area (Å²) in [5, 5.41) is 11.6. The molecule has 2 aromatic rings. The summed E-state index contributed by atoms with van der Waals surface area (Å²) in [4.78, 5) is 15.6. The summed E-state index contributed by atoms with van der Waals surface area (Å²) in [6.07, 6.45) is 1.84. The summed E-state index contributed by atoms with van der Waals surface area (Å²) in [5.41, 5.74) is 1.00. The highest BCUT2D eigenvalue weighted by Crippen LogP contribution is 2.34. The van der Waals surface area contributed by atoms with Crippen LogP contribution in [-0.4, -0.2) is 22.7 Å². The first kappa shape index (κ1) is 17.7. The van der Waals surface area contributed by atoms with Crippen molar-refractivity contribution >= 4 is 24.0 Å². The number of alkyl halides is 2. The Morgan fingerprint density at radius 2 is 1.84 bits per heavy atom. The lowest BCUT2D eigenvalue weighted by Crippen LogP contribution is -2.33. The van der Waals surface area contributed by atoms with Crippen molar-refractivity contribution in [2.45, 2.75) is 42.5 Å². The zero-order chi connectivity index (χ0) is 18.0. The zero-order valence-electron chi connectivity index (χ0n) is 13.5. The van der Waals surface area contributed by atoms with Crippen LogP contribution in [0.2, 0.25) is 0 Å². The van der Waals surface area contributed by atoms with Gasteiger partial charge in [-0.1, -0.05) is 12.1 Å². The summed E-state index contributed by atoms with van der Waals surface area (Å²) in [7, 11) is 0. The Labute approximate surface area is 149 Å². The van der Waals surface area contributed by atoms with Crippen LogP contribution in [0.4, 0.5) is 14.5 Å². The molecular formula is C18H19F2N3OS. The SMILES string of the molecule is N=C(c1ccc(S)cc1)c1c(NC2CCC(F)(F)CC2)cc[nH]c1=O. The van der Waals surface area contributed by atoms with E-state index in [4.69, 9.17) is 5.41 Å². The van der Waals surface area contributed by atoms with Crippen LogP contribution < -0.4 is 10.9 Å². The van der Waals surface area contributed by atoms with Crippen molar-refractivity contribution < 1.29 is 8.78 Å². The third kappa shape index (κ3) is 4.10. The van der Waals surface area contributed by atoms with E-state index in [0.717, 1.165) is 4.90 Å². The Hall–Kier alpha value is -2.15. The van der Waals surface area contributed by atoms with Crippen LogP contribution >= 0.6 is 12.6 Å². The van der Waals surface area contributed by atoms with Crippen molar-refractivity contribution in [2.75, 3.05) is 5.32 Å². The maximum atomic E-state index is 13.3. The molecule has 7 heteroatoms. The van der Waals surface area contributed by atoms with Crippen LogP contribution in [-0.2, 0) is 0 Å². The van der Waals surface area contributed by atoms with Crippen LogP contribution in [0.5, 0.6) is 0 Å². The molecule has 0 atom stereocenters. The van der Waals surface area contributed by atoms with Gasteiger partial charge in [0, 0.05) is 35.5 Å². The Kier molecular flexibility index (Phi) is 4.94. The van der Waals surface area contributed by atoms with E-state index in [-0.39, 0.29) is 35.7 Å². The van der Waals surface area contributed by atoms with Gasteiger partial charge < -0.3 is 10.3 Å². The van der Waals surface area contributed by atoms with Gasteiger partial charge >= 0.3 is 0 Å². The van der Waals surface area contributed by atoms with Crippen molar-refractivity contribution in [1.29, 1.82) is 5.41 Å². The Bertz CT molecular complexity index is 823. The van der Waals surface area contributed by atoms with Gasteiger partial charge in [0.25, 0.3) is 5.56 Å². The average molecular weight is 363 g/mol. The molecule has 0 spiro atoms. The minimum Gasteiger partial charge on any atom is -0.382 e. The van der Waals surface area contributed by atoms with Crippen LogP contribution in [0.25, 0.3) is 0 Å². The summed E-state index contributed by atoms with van der Waals surface area (Å²) < 4.78 is 26.6. The number of aromatic amines is 1. The number of hydrogen-bond acceptors (Lipinski definition) is 4. The molecule has 0 aliphatic heterocycles. The second-order valence-electron chi connectivity index (χ2n) is 6.29. The van der Waals surface area contributed by atoms with Crippen molar-refractivity contribution in [1.82, 2.24) is 4.98 Å². The molecule has 1 aromatic heterocycles. The standard InChI is InChI=1S/C18H19F2N3OS/c19-18(20)8-5-12(6-9-18)23-14-7-10-22-17(24)15(14)16(21)11-1-3-13(25)4-2-11/h1-4,7,10,12,21,25H,5-6,8-9H2,(H2,22,23,24). The van der Waals surface area contributed by atoms with Gasteiger partial charge in [-0.2, -0.15) is 0 Å². The van der Waals surface area contributed by atoms with Crippen LogP contribution in [0.15, 0.2) is 46.2 Å². The Balaban J connectivity index is 1.86. The summed E-state index contributed by atoms with van der Waals surface area (Å²) in [6, 6.07) is 8.49. The third-order valence-corrected chi connectivity index (χ3v) is 4.74. The lowest BCUT2D eigenvalue weighted by atomic mass is 9.91. The van der Waals surface area contributed by atoms with E-state index < -0.39 is 5.92 Å². The first-order valence-electron chi connectivity index (χ1n) is 8.10. The minimum atomic E-state index is -2.60. The predicted octanol–water partition coefficient (Wildman–Crippen LogP) is 4.07. The molecule has 4 nitrogen and oxygen atoms in total. The van der Waals surface area contributed by atoms with Gasteiger partial charge in [0.1, 0.15) is 0 Å². The molecule has 132 valence electrons. The van der Waals surface area contributed by atoms with Gasteiger partial charge in [-0.25, -0.2) is 8.78 Å². The Morgan fingerprint density at radius 3 is 2.48 bits per heavy atom. The number of aromatic nitrogens is 1. The van der Waals surface area contributed by atoms with E-state index in [1.807, 2.05) is 0 Å². The lowest BCUT2D eigenvalue weighted by molar-refractivity contribution is -0.0360. The zero-order valence-corrected chi connectivity index (χ0v) is 14.4. The highest BCUT2D eigenvalue weighted by atomic mass is 32.1. The fourth-order valence-electron chi connectivity index (χ4n) is 3.02. The molecule has 0 bridgehead atoms. The van der Waals surface area contributed by atoms with Crippen molar-refractivity contribution in [3.05, 3.63) is 58.0 Å². The number of thiol groups is 1. The average Bonchev–Trinajstić information content (AvgIpc) is 2.57. The Morgan fingerprint density at radius 1 is 1.20 bits per heavy atom. The molecule has 3 rings (SSSR count). The molecule has 0 saturated heterocycles. The summed E-state index contributed by atoms with van der Waals surface area (Å²) in [6.45, 7) is 0. The topological polar surface area (TPSA) is 68.7 Å². The van der Waals surface area contributed by atoms with E-state index >= 15 is 0 Å². The minimum absolute atomic E-state index is 0.0822. The van der Waals surface area contributed by atoms with Crippen LogP contribution in [0.1, 0.15) is 36.8 Å². The van der Waals surface area contributed by atoms with E-state index in [0.29, 0.717) is 24.1 Å². The van der Waals surface area contributed by atoms with E-state index in [9.17, 15) is 13.6 Å². The fraction of sp³-hybridized carbons (Fsp3) is 0.333. The molecular weight excluding hydrogens is 344 g/mol. The third-order valence-electron chi connectivity index (χ3n) is 4.44. The van der Waals surface area contributed by atoms with E-state index in [1.165, 1.54) is 6.20 Å². The quantitative estimate of drug-likeness (QED) is 0.489. The number of anilines is 1. The van der Waals surface area contributed by atoms with Gasteiger partial charge in [-0.3, -0.25) is 10.2 Å². The fourth-order valence-corrected chi connectivity index (χ4v) is 3.17. The van der Waals surface area contributed by atoms with Crippen molar-refractivity contribution in [2.24, 2.45) is 0 Å². The van der Waals surface area contributed by atoms with Gasteiger partial charge in [-0.15, -0.1) is 12.6 Å². The summed E-state index contributed by atoms with van der Waals surface area (Å²) in [5.74, 6) is -2.60. The molecule has 3 N–H and O–H groups in total. The molecule has 0 unspecified atom stereocenters. The number of hydrogen-bond donors (Lipinski definition) is 4. The van der Waals surface area contributed by atoms with Crippen LogP contribution in [0, 0.1) is 5.41 Å². The first-order chi connectivity index (χ1) is 11.9. The van der Waals surface area contributed by atoms with Gasteiger partial charge in [0.15, 0.2) is 0 Å². The molecule has 1 aliphatic rings. The van der Waals surface area contributed by atoms with Gasteiger partial charge in [0.2, 0.25) is 5.92 Å². The highest BCUT2D eigenvalue weighted by Gasteiger charge is 2.35. The monoisotopic (exact) mass is 363 g/mol. The number of benzene rings is 1. The molecule has 0 amide bonds. The second kappa shape index (κ2) is 7.00. The molecule has 1 heterocycles. The lowest BCUT2D eigenvalue weighted by Gasteiger charge is -2.30. The first-order valence-corrected chi connectivity index (χ1v) is 8.55. The van der Waals surface area contributed by atoms with E-state index in [1.54, 1.807) is 30.3 Å². The van der Waals surface area contributed by atoms with E-state index in [2.05, 4.69) is 22.9 Å². The number of nitrogens with one attached hydrogen (secondary N) is 3. The van der Waals surface area contributed by atoms with Crippen molar-refractivity contribution in [3.63, 3.8) is 0 Å². The van der Waals surface area contributed by atoms with Gasteiger partial charge in [0.05, 0.1) is 17.0 Å². The van der Waals surface area contributed by atoms with Gasteiger partial charge in [-0.05, 0) is 31.0 Å². The largest absolute Gasteiger partial charge is 0.382 e. The maximum absolute atomic E-state index is 13.3. The molecule has 1 aliphatic carbocycles. The number of pyridine rings is 1.